The first-order chi connectivity index (χ1) is 12.5. The molecular weight excluding hydrogens is 356 g/mol. The van der Waals surface area contributed by atoms with Crippen LogP contribution in [0.5, 0.6) is 0 Å². The highest BCUT2D eigenvalue weighted by Crippen LogP contribution is 2.19. The van der Waals surface area contributed by atoms with Crippen LogP contribution in [0.15, 0.2) is 4.99 Å². The molecule has 0 saturated carbocycles. The van der Waals surface area contributed by atoms with Gasteiger partial charge in [-0.15, -0.1) is 0 Å². The summed E-state index contributed by atoms with van der Waals surface area (Å²) >= 11 is 0. The lowest BCUT2D eigenvalue weighted by Gasteiger charge is -2.37. The van der Waals surface area contributed by atoms with Crippen molar-refractivity contribution < 1.29 is 17.9 Å². The number of aliphatic imine (C=N–C) groups is 1. The Morgan fingerprint density at radius 3 is 2.65 bits per heavy atom. The van der Waals surface area contributed by atoms with Crippen LogP contribution in [0.4, 0.5) is 0 Å². The Balaban J connectivity index is 1.66. The number of nitrogens with zero attached hydrogens (tertiary/aromatic N) is 3. The Morgan fingerprint density at radius 2 is 2.04 bits per heavy atom. The van der Waals surface area contributed by atoms with Gasteiger partial charge in [-0.2, -0.15) is 0 Å². The van der Waals surface area contributed by atoms with Crippen molar-refractivity contribution in [1.82, 2.24) is 15.1 Å². The number of hydrogen-bond acceptors (Lipinski definition) is 5. The van der Waals surface area contributed by atoms with Crippen LogP contribution in [-0.2, 0) is 19.4 Å². The van der Waals surface area contributed by atoms with E-state index in [1.165, 1.54) is 0 Å². The van der Waals surface area contributed by atoms with E-state index in [-0.39, 0.29) is 29.4 Å². The molecule has 9 heteroatoms. The monoisotopic (exact) mass is 386 g/mol. The van der Waals surface area contributed by atoms with E-state index in [2.05, 4.69) is 5.32 Å². The molecule has 3 heterocycles. The summed E-state index contributed by atoms with van der Waals surface area (Å²) in [5, 5.41) is 3.50. The third-order valence-electron chi connectivity index (χ3n) is 5.38. The Bertz CT molecular complexity index is 631. The Hall–Kier alpha value is -1.35. The number of rotatable bonds is 4. The number of guanidine groups is 1. The minimum Gasteiger partial charge on any atom is -0.381 e. The summed E-state index contributed by atoms with van der Waals surface area (Å²) in [6, 6.07) is 0.286. The van der Waals surface area contributed by atoms with Crippen molar-refractivity contribution >= 4 is 21.7 Å². The van der Waals surface area contributed by atoms with Gasteiger partial charge in [0.1, 0.15) is 0 Å². The lowest BCUT2D eigenvalue weighted by Crippen LogP contribution is -2.57. The Kier molecular flexibility index (Phi) is 6.39. The molecular formula is C17H30N4O4S. The van der Waals surface area contributed by atoms with Gasteiger partial charge in [-0.1, -0.05) is 0 Å². The average molecular weight is 387 g/mol. The van der Waals surface area contributed by atoms with E-state index in [1.54, 1.807) is 0 Å². The Morgan fingerprint density at radius 1 is 1.27 bits per heavy atom. The fourth-order valence-electron chi connectivity index (χ4n) is 3.72. The number of piperazine rings is 1. The number of hydrogen-bond donors (Lipinski definition) is 1. The molecule has 8 nitrogen and oxygen atoms in total. The summed E-state index contributed by atoms with van der Waals surface area (Å²) in [5.41, 5.74) is 0. The number of carbonyl (C=O) groups excluding carboxylic acids is 1. The number of ether oxygens (including phenoxy) is 1. The van der Waals surface area contributed by atoms with Crippen molar-refractivity contribution in [3.05, 3.63) is 0 Å². The lowest BCUT2D eigenvalue weighted by atomic mass is 10.1. The first-order valence-corrected chi connectivity index (χ1v) is 11.4. The van der Waals surface area contributed by atoms with Gasteiger partial charge in [0.25, 0.3) is 0 Å². The van der Waals surface area contributed by atoms with E-state index in [9.17, 15) is 13.2 Å². The quantitative estimate of drug-likeness (QED) is 0.527. The highest BCUT2D eigenvalue weighted by molar-refractivity contribution is 7.91. The molecule has 3 saturated heterocycles. The van der Waals surface area contributed by atoms with E-state index >= 15 is 0 Å². The molecule has 3 aliphatic rings. The van der Waals surface area contributed by atoms with Gasteiger partial charge in [-0.05, 0) is 32.1 Å². The van der Waals surface area contributed by atoms with Gasteiger partial charge >= 0.3 is 0 Å². The van der Waals surface area contributed by atoms with Gasteiger partial charge in [0.2, 0.25) is 5.91 Å². The highest BCUT2D eigenvalue weighted by Gasteiger charge is 2.30. The molecule has 0 aliphatic carbocycles. The van der Waals surface area contributed by atoms with Crippen LogP contribution in [-0.4, -0.2) is 93.6 Å². The molecule has 0 aromatic rings. The lowest BCUT2D eigenvalue weighted by molar-refractivity contribution is -0.134. The number of likely N-dealkylation sites (N-methyl/N-ethyl adjacent to an activating group) is 1. The number of sulfone groups is 1. The Labute approximate surface area is 155 Å². The van der Waals surface area contributed by atoms with Crippen LogP contribution in [0.2, 0.25) is 0 Å². The second kappa shape index (κ2) is 8.56. The van der Waals surface area contributed by atoms with Gasteiger partial charge in [0.15, 0.2) is 15.8 Å². The van der Waals surface area contributed by atoms with E-state index < -0.39 is 9.84 Å². The largest absolute Gasteiger partial charge is 0.381 e. The minimum atomic E-state index is -2.90. The van der Waals surface area contributed by atoms with Gasteiger partial charge in [0.05, 0.1) is 18.1 Å². The third kappa shape index (κ3) is 5.09. The van der Waals surface area contributed by atoms with Crippen molar-refractivity contribution in [3.63, 3.8) is 0 Å². The summed E-state index contributed by atoms with van der Waals surface area (Å²) in [6.45, 7) is 6.44. The van der Waals surface area contributed by atoms with Gasteiger partial charge in [0, 0.05) is 45.4 Å². The molecule has 26 heavy (non-hydrogen) atoms. The molecule has 1 unspecified atom stereocenters. The topological polar surface area (TPSA) is 91.3 Å². The normalized spacial score (nSPS) is 27.8. The number of nitrogens with one attached hydrogen (secondary N) is 1. The summed E-state index contributed by atoms with van der Waals surface area (Å²) in [7, 11) is -2.90. The standard InChI is InChI=1S/C17H30N4O4S/c1-2-20-6-7-21(12-16(20)22)17(19-15-3-8-25-9-4-15)18-11-14-5-10-26(23,24)13-14/h14-15H,2-13H2,1H3,(H,18,19). The molecule has 0 bridgehead atoms. The van der Waals surface area contributed by atoms with Gasteiger partial charge in [-0.25, -0.2) is 8.42 Å². The summed E-state index contributed by atoms with van der Waals surface area (Å²) in [4.78, 5) is 20.9. The molecule has 0 aromatic carbocycles. The zero-order valence-electron chi connectivity index (χ0n) is 15.5. The maximum absolute atomic E-state index is 12.3. The number of amides is 1. The summed E-state index contributed by atoms with van der Waals surface area (Å²) in [6.07, 6.45) is 2.51. The molecule has 0 aromatic heterocycles. The van der Waals surface area contributed by atoms with E-state index in [4.69, 9.17) is 9.73 Å². The van der Waals surface area contributed by atoms with Crippen molar-refractivity contribution in [2.45, 2.75) is 32.2 Å². The summed E-state index contributed by atoms with van der Waals surface area (Å²) < 4.78 is 28.8. The fraction of sp³-hybridized carbons (Fsp3) is 0.882. The van der Waals surface area contributed by atoms with Crippen molar-refractivity contribution in [2.75, 3.05) is 57.4 Å². The third-order valence-corrected chi connectivity index (χ3v) is 7.22. The highest BCUT2D eigenvalue weighted by atomic mass is 32.2. The number of carbonyl (C=O) groups is 1. The van der Waals surface area contributed by atoms with Crippen LogP contribution in [0.3, 0.4) is 0 Å². The molecule has 1 N–H and O–H groups in total. The van der Waals surface area contributed by atoms with Crippen LogP contribution >= 0.6 is 0 Å². The zero-order valence-corrected chi connectivity index (χ0v) is 16.3. The predicted molar refractivity (Wildman–Crippen MR) is 99.9 cm³/mol. The molecule has 3 aliphatic heterocycles. The molecule has 1 atom stereocenters. The van der Waals surface area contributed by atoms with Crippen LogP contribution in [0.25, 0.3) is 0 Å². The van der Waals surface area contributed by atoms with E-state index in [1.807, 2.05) is 16.7 Å². The van der Waals surface area contributed by atoms with Gasteiger partial charge < -0.3 is 19.9 Å². The second-order valence-corrected chi connectivity index (χ2v) is 9.59. The molecule has 3 rings (SSSR count). The summed E-state index contributed by atoms with van der Waals surface area (Å²) in [5.74, 6) is 1.43. The first kappa shape index (κ1) is 19.4. The molecule has 0 spiro atoms. The second-order valence-electron chi connectivity index (χ2n) is 7.36. The smallest absolute Gasteiger partial charge is 0.242 e. The molecule has 148 valence electrons. The van der Waals surface area contributed by atoms with Crippen molar-refractivity contribution in [2.24, 2.45) is 10.9 Å². The first-order valence-electron chi connectivity index (χ1n) is 9.58. The fourth-order valence-corrected chi connectivity index (χ4v) is 5.57. The van der Waals surface area contributed by atoms with Crippen molar-refractivity contribution in [1.29, 1.82) is 0 Å². The van der Waals surface area contributed by atoms with Crippen molar-refractivity contribution in [3.8, 4) is 0 Å². The predicted octanol–water partition coefficient (Wildman–Crippen LogP) is -0.290. The molecule has 1 amide bonds. The molecule has 3 fully saturated rings. The average Bonchev–Trinajstić information content (AvgIpc) is 2.98. The van der Waals surface area contributed by atoms with E-state index in [0.29, 0.717) is 26.1 Å². The zero-order chi connectivity index (χ0) is 18.6. The van der Waals surface area contributed by atoms with Crippen LogP contribution < -0.4 is 5.32 Å². The maximum Gasteiger partial charge on any atom is 0.242 e. The van der Waals surface area contributed by atoms with Crippen LogP contribution in [0.1, 0.15) is 26.2 Å². The SMILES string of the molecule is CCN1CCN(C(=NCC2CCS(=O)(=O)C2)NC2CCOCC2)CC1=O. The molecule has 0 radical (unpaired) electrons. The van der Waals surface area contributed by atoms with Gasteiger partial charge in [-0.3, -0.25) is 9.79 Å². The van der Waals surface area contributed by atoms with E-state index in [0.717, 1.165) is 45.1 Å². The maximum atomic E-state index is 12.3. The minimum absolute atomic E-state index is 0.0825. The van der Waals surface area contributed by atoms with Crippen LogP contribution in [0, 0.1) is 5.92 Å².